The number of nitrogens with zero attached hydrogens (tertiary/aromatic N) is 8. The van der Waals surface area contributed by atoms with E-state index < -0.39 is 0 Å². The maximum Gasteiger partial charge on any atom is 0.0835 e. The predicted octanol–water partition coefficient (Wildman–Crippen LogP) is 42.3. The Hall–Kier alpha value is -2.84. The highest BCUT2D eigenvalue weighted by Crippen LogP contribution is 2.43. The van der Waals surface area contributed by atoms with Crippen molar-refractivity contribution < 1.29 is 0 Å². The summed E-state index contributed by atoms with van der Waals surface area (Å²) in [6, 6.07) is 0. The van der Waals surface area contributed by atoms with Gasteiger partial charge in [-0.25, -0.2) is 0 Å². The Balaban J connectivity index is 0.000000852. The molecule has 11 nitrogen and oxygen atoms in total. The van der Waals surface area contributed by atoms with Gasteiger partial charge in [0.15, 0.2) is 0 Å². The van der Waals surface area contributed by atoms with Crippen LogP contribution in [0.2, 0.25) is 0 Å². The molecule has 0 radical (unpaired) electrons. The predicted molar refractivity (Wildman–Crippen MR) is 715 cm³/mol. The lowest BCUT2D eigenvalue weighted by Crippen LogP contribution is -2.29. The van der Waals surface area contributed by atoms with E-state index in [1.807, 2.05) is 42.3 Å². The van der Waals surface area contributed by atoms with Gasteiger partial charge in [-0.05, 0) is 248 Å². The fourth-order valence-corrected chi connectivity index (χ4v) is 23.8. The third-order valence-electron chi connectivity index (χ3n) is 27.5. The van der Waals surface area contributed by atoms with Gasteiger partial charge in [-0.1, -0.05) is 439 Å². The van der Waals surface area contributed by atoms with E-state index in [1.165, 1.54) is 236 Å². The van der Waals surface area contributed by atoms with Gasteiger partial charge in [0.25, 0.3) is 0 Å². The molecule has 0 saturated heterocycles. The summed E-state index contributed by atoms with van der Waals surface area (Å²) in [5.74, 6) is 0. The first kappa shape index (κ1) is 144. The van der Waals surface area contributed by atoms with E-state index in [1.54, 1.807) is 0 Å². The van der Waals surface area contributed by atoms with Gasteiger partial charge in [0.05, 0.1) is 135 Å². The largest absolute Gasteiger partial charge is 0.387 e. The van der Waals surface area contributed by atoms with Crippen molar-refractivity contribution in [2.24, 2.45) is 43.3 Å². The van der Waals surface area contributed by atoms with Crippen LogP contribution in [-0.2, 0) is 32.1 Å². The van der Waals surface area contributed by atoms with Crippen LogP contribution in [-0.4, -0.2) is 129 Å². The zero-order valence-electron chi connectivity index (χ0n) is 101. The van der Waals surface area contributed by atoms with Crippen LogP contribution in [0.5, 0.6) is 0 Å². The quantitative estimate of drug-likeness (QED) is 0.0250. The summed E-state index contributed by atoms with van der Waals surface area (Å²) in [5.41, 5.74) is 22.9. The minimum absolute atomic E-state index is 0.395. The van der Waals surface area contributed by atoms with E-state index in [-0.39, 0.29) is 0 Å². The molecule has 0 aliphatic heterocycles. The molecule has 0 unspecified atom stereocenters. The SMILES string of the molecule is CCN(C)c1c(CCCCCC(C)(C)C)c(=S)c1=S.CCN(CC)c1c(CCCCCC(C)(C)C)c(=S)c1=S.CCN(CC)c1c(N(C)CCCC(C)(C)C)c(=S)c1=S.CCNc1c(CCCCCC(C)(C)C)c(=S)c1=S.CN(C)c1c(CCCCCC(C)(C)C)c(=S)c1=S.CN(C)c1c(N(C)CCCCC(C)(C)C)c(=S)c1=S.CNc1c(CCCCCC(C)(C)C)c(=S)c1=S.CNc1c(N(C)CCCCC(C)(C)C)c(=S)c1=S. The topological polar surface area (TPSA) is 62.0 Å². The van der Waals surface area contributed by atoms with Gasteiger partial charge in [-0.3, -0.25) is 0 Å². The number of unbranched alkanes of at least 4 members (excludes halogenated alkanes) is 12. The van der Waals surface area contributed by atoms with E-state index in [4.69, 9.17) is 195 Å². The van der Waals surface area contributed by atoms with E-state index in [9.17, 15) is 0 Å². The van der Waals surface area contributed by atoms with Crippen LogP contribution < -0.4 is 55.1 Å². The molecule has 27 heteroatoms. The van der Waals surface area contributed by atoms with Gasteiger partial charge in [0.2, 0.25) is 0 Å². The third-order valence-corrected chi connectivity index (χ3v) is 35.2. The molecule has 0 amide bonds. The summed E-state index contributed by atoms with van der Waals surface area (Å²) < 4.78 is 14.2. The summed E-state index contributed by atoms with van der Waals surface area (Å²) in [7, 11) is 20.4. The molecule has 8 aromatic rings. The molecule has 0 fully saturated rings. The fraction of sp³-hybridized carbons (Fsp3) is 0.738. The molecular formula is C122H207N11S16. The van der Waals surface area contributed by atoms with Crippen molar-refractivity contribution in [1.29, 1.82) is 0 Å². The first-order chi connectivity index (χ1) is 68.7. The van der Waals surface area contributed by atoms with Crippen LogP contribution >= 0.6 is 195 Å². The Kier molecular flexibility index (Phi) is 66.1. The molecule has 846 valence electrons. The van der Waals surface area contributed by atoms with Crippen LogP contribution in [0.15, 0.2) is 0 Å². The molecule has 0 spiro atoms. The van der Waals surface area contributed by atoms with Crippen LogP contribution in [0.1, 0.15) is 415 Å². The highest BCUT2D eigenvalue weighted by atomic mass is 32.1. The lowest BCUT2D eigenvalue weighted by Gasteiger charge is -2.32. The highest BCUT2D eigenvalue weighted by Gasteiger charge is 2.28. The average molecular weight is 2340 g/mol. The number of rotatable bonds is 53. The van der Waals surface area contributed by atoms with Crippen LogP contribution in [0.4, 0.5) is 62.6 Å². The van der Waals surface area contributed by atoms with E-state index in [0.717, 1.165) is 197 Å². The van der Waals surface area contributed by atoms with E-state index in [0.29, 0.717) is 43.3 Å². The maximum atomic E-state index is 5.45. The third kappa shape index (κ3) is 50.7. The van der Waals surface area contributed by atoms with Gasteiger partial charge in [-0.2, -0.15) is 0 Å². The molecule has 149 heavy (non-hydrogen) atoms. The number of hydrogen-bond donors (Lipinski definition) is 3. The van der Waals surface area contributed by atoms with Crippen LogP contribution in [0, 0.1) is 115 Å². The molecule has 0 heterocycles. The Morgan fingerprint density at radius 2 is 0.409 bits per heavy atom. The van der Waals surface area contributed by atoms with E-state index in [2.05, 4.69) is 291 Å². The zero-order chi connectivity index (χ0) is 115. The molecule has 0 aliphatic rings. The Bertz CT molecular complexity index is 5930. The fourth-order valence-electron chi connectivity index (χ4n) is 18.4. The lowest BCUT2D eigenvalue weighted by atomic mass is 9.89. The second-order valence-corrected chi connectivity index (χ2v) is 57.9. The first-order valence-corrected chi connectivity index (χ1v) is 62.6. The standard InChI is InChI=1S/C17H29NS2.C16H28N2S2.C16H27NS2.C15H26N2S2.2C15H25NS2.C14H24N2S2.C14H23NS2/c1-6-18(7-2)14-13(15(19)16(14)20)11-9-8-10-12-17(3,4)5;1-7-18(8-2)13-12(14(19)15(13)20)17(6)11-9-10-16(3,4)5;1-6-17(5)13-12(14(18)15(13)19)10-8-7-9-11-16(2,3)4;1-15(2,3)9-7-8-10-17(6)12-11(16(4)5)13(18)14(12)19;1-15(2,3)10-8-6-7-9-11-12(16(4)5)14(18)13(11)17;1-5-16-12-11(13(17)14(12)18)9-7-6-8-10-15(2,3)4;1-14(2,3)8-6-7-9-16(5)11-10(15-4)12(17)13(11)18;1-14(2,3)9-7-5-6-8-10-11(15-4)13(17)12(10)16/h6-12H2,1-5H3;7-11H2,1-6H3;6-11H2,1-5H3;7-10H2,1-6H3;6-10H2,1-5H3;16H,5-10H2,1-4H3;15H,6-9H2,1-5H3;15H,5-9H2,1-4H3. The first-order valence-electron chi connectivity index (χ1n) is 56.1. The van der Waals surface area contributed by atoms with Gasteiger partial charge in [0, 0.05) is 129 Å². The van der Waals surface area contributed by atoms with Crippen molar-refractivity contribution in [3.05, 3.63) is 100.0 Å². The minimum atomic E-state index is 0.395. The van der Waals surface area contributed by atoms with Gasteiger partial charge < -0.3 is 55.1 Å². The monoisotopic (exact) mass is 2340 g/mol. The summed E-state index contributed by atoms with van der Waals surface area (Å²) in [6.07, 6.45) is 41.0. The Labute approximate surface area is 995 Å². The summed E-state index contributed by atoms with van der Waals surface area (Å²) >= 11 is 85.4. The molecule has 0 aliphatic carbocycles. The van der Waals surface area contributed by atoms with Gasteiger partial charge in [0.1, 0.15) is 0 Å². The number of nitrogens with one attached hydrogen (secondary N) is 3. The summed E-state index contributed by atoms with van der Waals surface area (Å²) in [4.78, 5) is 17.8. The van der Waals surface area contributed by atoms with Crippen LogP contribution in [0.3, 0.4) is 0 Å². The Morgan fingerprint density at radius 1 is 0.188 bits per heavy atom. The average Bonchev–Trinajstić information content (AvgIpc) is 0.748. The molecule has 8 rings (SSSR count). The Morgan fingerprint density at radius 3 is 0.718 bits per heavy atom. The lowest BCUT2D eigenvalue weighted by molar-refractivity contribution is 0.358. The minimum Gasteiger partial charge on any atom is -0.387 e. The van der Waals surface area contributed by atoms with Crippen molar-refractivity contribution in [1.82, 2.24) is 0 Å². The molecule has 0 atom stereocenters. The highest BCUT2D eigenvalue weighted by molar-refractivity contribution is 7.76. The summed E-state index contributed by atoms with van der Waals surface area (Å²) in [6.45, 7) is 77.2. The van der Waals surface area contributed by atoms with E-state index >= 15 is 0 Å². The summed E-state index contributed by atoms with van der Waals surface area (Å²) in [5, 5.41) is 9.61. The van der Waals surface area contributed by atoms with Gasteiger partial charge in [-0.15, -0.1) is 0 Å². The smallest absolute Gasteiger partial charge is 0.0835 e. The van der Waals surface area contributed by atoms with Crippen molar-refractivity contribution in [3.8, 4) is 0 Å². The molecule has 0 saturated carbocycles. The zero-order valence-corrected chi connectivity index (χ0v) is 114. The van der Waals surface area contributed by atoms with Crippen molar-refractivity contribution in [3.63, 3.8) is 0 Å². The molecular weight excluding hydrogens is 2130 g/mol. The van der Waals surface area contributed by atoms with Gasteiger partial charge >= 0.3 is 0 Å². The second-order valence-electron chi connectivity index (χ2n) is 51.3. The van der Waals surface area contributed by atoms with Crippen molar-refractivity contribution >= 4 is 258 Å². The maximum absolute atomic E-state index is 5.45. The normalized spacial score (nSPS) is 12.0. The molecule has 8 aromatic carbocycles. The second kappa shape index (κ2) is 68.3. The molecule has 0 aromatic heterocycles. The van der Waals surface area contributed by atoms with Crippen molar-refractivity contribution in [2.75, 3.05) is 185 Å². The van der Waals surface area contributed by atoms with Crippen LogP contribution in [0.25, 0.3) is 0 Å². The molecule has 0 bridgehead atoms. The van der Waals surface area contributed by atoms with Crippen molar-refractivity contribution in [2.45, 2.75) is 420 Å². The molecule has 3 N–H and O–H groups in total. The number of anilines is 11. The number of hydrogen-bond acceptors (Lipinski definition) is 27.